The molecule has 0 spiro atoms. The molecular weight excluding hydrogens is 465 g/mol. The molecule has 10 nitrogen and oxygen atoms in total. The van der Waals surface area contributed by atoms with Gasteiger partial charge in [0.1, 0.15) is 5.82 Å². The largest absolute Gasteiger partial charge is 0.379 e. The number of rotatable bonds is 12. The molecule has 1 aromatic carbocycles. The van der Waals surface area contributed by atoms with E-state index in [-0.39, 0.29) is 29.3 Å². The van der Waals surface area contributed by atoms with Gasteiger partial charge in [0.05, 0.1) is 37.4 Å². The third kappa shape index (κ3) is 6.48. The van der Waals surface area contributed by atoms with Crippen molar-refractivity contribution in [2.45, 2.75) is 51.2 Å². The lowest BCUT2D eigenvalue weighted by Gasteiger charge is -2.30. The van der Waals surface area contributed by atoms with Crippen molar-refractivity contribution < 1.29 is 18.7 Å². The zero-order valence-electron chi connectivity index (χ0n) is 20.5. The summed E-state index contributed by atoms with van der Waals surface area (Å²) >= 11 is 0. The highest BCUT2D eigenvalue weighted by molar-refractivity contribution is 5.99. The summed E-state index contributed by atoms with van der Waals surface area (Å²) in [5, 5.41) is 11.8. The number of carbonyl (C=O) groups is 1. The van der Waals surface area contributed by atoms with E-state index < -0.39 is 11.7 Å². The van der Waals surface area contributed by atoms with E-state index in [1.54, 1.807) is 0 Å². The Bertz CT molecular complexity index is 1190. The summed E-state index contributed by atoms with van der Waals surface area (Å²) in [6.07, 6.45) is 5.71. The van der Waals surface area contributed by atoms with Crippen LogP contribution in [-0.2, 0) is 16.0 Å². The van der Waals surface area contributed by atoms with Gasteiger partial charge in [0.2, 0.25) is 0 Å². The van der Waals surface area contributed by atoms with Gasteiger partial charge in [-0.3, -0.25) is 9.48 Å². The lowest BCUT2D eigenvalue weighted by Crippen LogP contribution is -2.43. The number of amides is 1. The van der Waals surface area contributed by atoms with Gasteiger partial charge in [0.25, 0.3) is 5.91 Å². The molecule has 1 saturated carbocycles. The molecule has 1 aliphatic carbocycles. The maximum atomic E-state index is 14.8. The molecule has 2 atom stereocenters. The Morgan fingerprint density at radius 3 is 2.75 bits per heavy atom. The highest BCUT2D eigenvalue weighted by Gasteiger charge is 2.24. The van der Waals surface area contributed by atoms with Gasteiger partial charge < -0.3 is 31.6 Å². The number of hydrogen-bond donors (Lipinski definition) is 4. The summed E-state index contributed by atoms with van der Waals surface area (Å²) in [7, 11) is 0. The van der Waals surface area contributed by atoms with E-state index in [0.29, 0.717) is 38.7 Å². The number of hydrogen-bond acceptors (Lipinski definition) is 8. The first-order valence-corrected chi connectivity index (χ1v) is 12.4. The van der Waals surface area contributed by atoms with E-state index in [9.17, 15) is 9.18 Å². The van der Waals surface area contributed by atoms with E-state index in [0.717, 1.165) is 42.7 Å². The van der Waals surface area contributed by atoms with Crippen LogP contribution in [0.25, 0.3) is 10.9 Å². The topological polar surface area (TPSA) is 142 Å². The first kappa shape index (κ1) is 25.8. The predicted molar refractivity (Wildman–Crippen MR) is 137 cm³/mol. The molecule has 0 bridgehead atoms. The number of ether oxygens (including phenoxy) is 2. The number of carbonyl (C=O) groups excluding carboxylic acids is 1. The second-order valence-corrected chi connectivity index (χ2v) is 8.88. The maximum absolute atomic E-state index is 14.8. The van der Waals surface area contributed by atoms with Crippen molar-refractivity contribution in [3.8, 4) is 0 Å². The zero-order chi connectivity index (χ0) is 25.5. The molecule has 1 aliphatic rings. The van der Waals surface area contributed by atoms with E-state index in [1.807, 2.05) is 36.0 Å². The summed E-state index contributed by atoms with van der Waals surface area (Å²) in [6, 6.07) is 6.52. The third-order valence-corrected chi connectivity index (χ3v) is 6.24. The average Bonchev–Trinajstić information content (AvgIpc) is 3.26. The molecule has 0 radical (unpaired) electrons. The smallest absolute Gasteiger partial charge is 0.252 e. The minimum absolute atomic E-state index is 0.0409. The predicted octanol–water partition coefficient (Wildman–Crippen LogP) is 3.15. The van der Waals surface area contributed by atoms with E-state index >= 15 is 0 Å². The standard InChI is InChI=1S/C25H34FN7O3/c1-2-35-11-12-36-10-9-33-15-16-7-8-17(13-22(16)32-33)29-24-18(23(28)34)14-19(26)25(31-24)30-21-6-4-3-5-20(21)27/h7-8,13-15,20-21H,2-6,9-12,27H2,1H3,(H2,28,34)(H2,29,30,31). The Hall–Kier alpha value is -3.28. The molecule has 0 aliphatic heterocycles. The van der Waals surface area contributed by atoms with Crippen molar-refractivity contribution in [2.75, 3.05) is 37.1 Å². The second-order valence-electron chi connectivity index (χ2n) is 8.88. The van der Waals surface area contributed by atoms with Crippen LogP contribution in [0.5, 0.6) is 0 Å². The quantitative estimate of drug-likeness (QED) is 0.278. The highest BCUT2D eigenvalue weighted by Crippen LogP contribution is 2.28. The summed E-state index contributed by atoms with van der Waals surface area (Å²) in [4.78, 5) is 16.4. The van der Waals surface area contributed by atoms with Crippen LogP contribution in [-0.4, -0.2) is 59.2 Å². The molecular formula is C25H34FN7O3. The van der Waals surface area contributed by atoms with Crippen molar-refractivity contribution in [1.29, 1.82) is 0 Å². The number of nitrogens with one attached hydrogen (secondary N) is 2. The van der Waals surface area contributed by atoms with Gasteiger partial charge in [-0.2, -0.15) is 5.10 Å². The Balaban J connectivity index is 1.49. The first-order chi connectivity index (χ1) is 17.4. The van der Waals surface area contributed by atoms with Crippen LogP contribution in [0.2, 0.25) is 0 Å². The fourth-order valence-electron chi connectivity index (χ4n) is 4.31. The lowest BCUT2D eigenvalue weighted by molar-refractivity contribution is 0.0488. The highest BCUT2D eigenvalue weighted by atomic mass is 19.1. The van der Waals surface area contributed by atoms with E-state index in [1.165, 1.54) is 0 Å². The number of fused-ring (bicyclic) bond motifs is 1. The van der Waals surface area contributed by atoms with Gasteiger partial charge in [-0.05, 0) is 44.0 Å². The molecule has 36 heavy (non-hydrogen) atoms. The van der Waals surface area contributed by atoms with Gasteiger partial charge >= 0.3 is 0 Å². The van der Waals surface area contributed by atoms with Crippen molar-refractivity contribution in [2.24, 2.45) is 11.5 Å². The maximum Gasteiger partial charge on any atom is 0.252 e. The number of benzene rings is 1. The number of primary amides is 1. The molecule has 11 heteroatoms. The van der Waals surface area contributed by atoms with Crippen LogP contribution in [0.1, 0.15) is 43.0 Å². The Labute approximate surface area is 209 Å². The summed E-state index contributed by atoms with van der Waals surface area (Å²) in [6.45, 7) is 4.86. The van der Waals surface area contributed by atoms with Crippen LogP contribution in [0.15, 0.2) is 30.5 Å². The van der Waals surface area contributed by atoms with Gasteiger partial charge in [-0.1, -0.05) is 12.8 Å². The van der Waals surface area contributed by atoms with Crippen molar-refractivity contribution >= 4 is 34.1 Å². The normalized spacial score (nSPS) is 17.9. The monoisotopic (exact) mass is 499 g/mol. The SMILES string of the molecule is CCOCCOCCn1cc2ccc(Nc3nc(NC4CCCCC4N)c(F)cc3C(N)=O)cc2n1. The minimum atomic E-state index is -0.778. The third-order valence-electron chi connectivity index (χ3n) is 6.24. The Morgan fingerprint density at radius 2 is 1.97 bits per heavy atom. The van der Waals surface area contributed by atoms with E-state index in [2.05, 4.69) is 20.7 Å². The molecule has 4 rings (SSSR count). The van der Waals surface area contributed by atoms with Crippen molar-refractivity contribution in [3.63, 3.8) is 0 Å². The fourth-order valence-corrected chi connectivity index (χ4v) is 4.31. The minimum Gasteiger partial charge on any atom is -0.379 e. The van der Waals surface area contributed by atoms with Gasteiger partial charge in [0, 0.05) is 36.0 Å². The molecule has 1 fully saturated rings. The van der Waals surface area contributed by atoms with Gasteiger partial charge in [-0.25, -0.2) is 9.37 Å². The molecule has 2 unspecified atom stereocenters. The van der Waals surface area contributed by atoms with Crippen LogP contribution < -0.4 is 22.1 Å². The van der Waals surface area contributed by atoms with Gasteiger partial charge in [-0.15, -0.1) is 0 Å². The second kappa shape index (κ2) is 12.1. The number of nitrogens with zero attached hydrogens (tertiary/aromatic N) is 3. The fraction of sp³-hybridized carbons (Fsp3) is 0.480. The number of anilines is 3. The van der Waals surface area contributed by atoms with Crippen LogP contribution in [0.3, 0.4) is 0 Å². The Kier molecular flexibility index (Phi) is 8.68. The van der Waals surface area contributed by atoms with Crippen LogP contribution >= 0.6 is 0 Å². The summed E-state index contributed by atoms with van der Waals surface area (Å²) in [5.74, 6) is -1.22. The summed E-state index contributed by atoms with van der Waals surface area (Å²) < 4.78 is 27.4. The lowest BCUT2D eigenvalue weighted by atomic mass is 9.91. The molecule has 194 valence electrons. The molecule has 0 saturated heterocycles. The van der Waals surface area contributed by atoms with Crippen LogP contribution in [0, 0.1) is 5.82 Å². The molecule has 2 heterocycles. The average molecular weight is 500 g/mol. The van der Waals surface area contributed by atoms with Crippen molar-refractivity contribution in [1.82, 2.24) is 14.8 Å². The van der Waals surface area contributed by atoms with E-state index in [4.69, 9.17) is 20.9 Å². The molecule has 2 aromatic heterocycles. The number of pyridine rings is 1. The van der Waals surface area contributed by atoms with Crippen LogP contribution in [0.4, 0.5) is 21.7 Å². The number of aromatic nitrogens is 3. The number of halogens is 1. The molecule has 3 aromatic rings. The number of nitrogens with two attached hydrogens (primary N) is 2. The zero-order valence-corrected chi connectivity index (χ0v) is 20.5. The van der Waals surface area contributed by atoms with Gasteiger partial charge in [0.15, 0.2) is 11.6 Å². The Morgan fingerprint density at radius 1 is 1.17 bits per heavy atom. The summed E-state index contributed by atoms with van der Waals surface area (Å²) in [5.41, 5.74) is 13.1. The van der Waals surface area contributed by atoms with Crippen molar-refractivity contribution in [3.05, 3.63) is 41.8 Å². The molecule has 1 amide bonds. The molecule has 6 N–H and O–H groups in total. The first-order valence-electron chi connectivity index (χ1n) is 12.4.